The van der Waals surface area contributed by atoms with Crippen molar-refractivity contribution in [1.82, 2.24) is 19.4 Å². The van der Waals surface area contributed by atoms with Crippen LogP contribution < -0.4 is 5.32 Å². The van der Waals surface area contributed by atoms with Gasteiger partial charge in [0.1, 0.15) is 4.90 Å². The van der Waals surface area contributed by atoms with E-state index in [-0.39, 0.29) is 17.3 Å². The van der Waals surface area contributed by atoms with Gasteiger partial charge in [-0.15, -0.1) is 12.4 Å². The van der Waals surface area contributed by atoms with E-state index in [0.29, 0.717) is 26.2 Å². The number of aromatic nitrogens is 2. The van der Waals surface area contributed by atoms with E-state index in [2.05, 4.69) is 10.4 Å². The van der Waals surface area contributed by atoms with E-state index in [1.165, 1.54) is 10.5 Å². The zero-order valence-corrected chi connectivity index (χ0v) is 14.4. The second-order valence-electron chi connectivity index (χ2n) is 5.37. The average molecular weight is 357 g/mol. The van der Waals surface area contributed by atoms with Crippen molar-refractivity contribution >= 4 is 22.4 Å². The van der Waals surface area contributed by atoms with Crippen LogP contribution in [0, 0.1) is 0 Å². The zero-order valence-electron chi connectivity index (χ0n) is 12.8. The van der Waals surface area contributed by atoms with Crippen LogP contribution in [0.4, 0.5) is 0 Å². The Balaban J connectivity index is 0.00000192. The van der Waals surface area contributed by atoms with Gasteiger partial charge >= 0.3 is 0 Å². The first kappa shape index (κ1) is 17.9. The van der Waals surface area contributed by atoms with Crippen molar-refractivity contribution in [3.05, 3.63) is 48.3 Å². The van der Waals surface area contributed by atoms with Gasteiger partial charge in [-0.1, -0.05) is 30.3 Å². The van der Waals surface area contributed by atoms with E-state index in [9.17, 15) is 8.42 Å². The highest BCUT2D eigenvalue weighted by Crippen LogP contribution is 2.16. The molecule has 0 aliphatic carbocycles. The Labute approximate surface area is 143 Å². The lowest BCUT2D eigenvalue weighted by atomic mass is 10.2. The largest absolute Gasteiger partial charge is 0.315 e. The Bertz CT molecular complexity index is 710. The number of hydrogen-bond acceptors (Lipinski definition) is 4. The summed E-state index contributed by atoms with van der Waals surface area (Å²) in [6.07, 6.45) is 3.88. The zero-order chi connectivity index (χ0) is 15.4. The fraction of sp³-hybridized carbons (Fsp3) is 0.400. The molecular formula is C15H21ClN4O2S. The van der Waals surface area contributed by atoms with Crippen molar-refractivity contribution in [2.45, 2.75) is 17.9 Å². The van der Waals surface area contributed by atoms with Gasteiger partial charge in [0.05, 0.1) is 12.7 Å². The molecule has 0 spiro atoms. The maximum absolute atomic E-state index is 12.7. The molecule has 0 bridgehead atoms. The predicted molar refractivity (Wildman–Crippen MR) is 91.3 cm³/mol. The van der Waals surface area contributed by atoms with Crippen LogP contribution in [-0.2, 0) is 16.6 Å². The van der Waals surface area contributed by atoms with E-state index in [4.69, 9.17) is 0 Å². The lowest BCUT2D eigenvalue weighted by molar-refractivity contribution is 0.432. The van der Waals surface area contributed by atoms with E-state index < -0.39 is 10.0 Å². The highest BCUT2D eigenvalue weighted by atomic mass is 35.5. The summed E-state index contributed by atoms with van der Waals surface area (Å²) in [5.74, 6) is 0. The third-order valence-corrected chi connectivity index (χ3v) is 5.59. The summed E-state index contributed by atoms with van der Waals surface area (Å²) in [5, 5.41) is 7.40. The van der Waals surface area contributed by atoms with Crippen LogP contribution in [0.15, 0.2) is 47.6 Å². The minimum absolute atomic E-state index is 0. The van der Waals surface area contributed by atoms with Crippen LogP contribution >= 0.6 is 12.4 Å². The summed E-state index contributed by atoms with van der Waals surface area (Å²) in [4.78, 5) is 0.269. The topological polar surface area (TPSA) is 67.2 Å². The number of rotatable bonds is 4. The molecule has 1 aliphatic heterocycles. The van der Waals surface area contributed by atoms with Crippen molar-refractivity contribution in [3.63, 3.8) is 0 Å². The smallest absolute Gasteiger partial charge is 0.246 e. The summed E-state index contributed by atoms with van der Waals surface area (Å²) in [7, 11) is -3.45. The van der Waals surface area contributed by atoms with Gasteiger partial charge in [-0.05, 0) is 18.5 Å². The lowest BCUT2D eigenvalue weighted by Gasteiger charge is -2.18. The Kier molecular flexibility index (Phi) is 6.17. The Morgan fingerprint density at radius 1 is 1.13 bits per heavy atom. The SMILES string of the molecule is Cl.O=S(=O)(c1cnn(Cc2ccccc2)c1)N1CCCNCC1. The maximum Gasteiger partial charge on any atom is 0.246 e. The molecule has 2 heterocycles. The third-order valence-electron chi connectivity index (χ3n) is 3.73. The van der Waals surface area contributed by atoms with Gasteiger partial charge < -0.3 is 5.32 Å². The van der Waals surface area contributed by atoms with Gasteiger partial charge in [-0.2, -0.15) is 9.40 Å². The number of hydrogen-bond donors (Lipinski definition) is 1. The predicted octanol–water partition coefficient (Wildman–Crippen LogP) is 1.34. The van der Waals surface area contributed by atoms with Gasteiger partial charge in [-0.3, -0.25) is 4.68 Å². The van der Waals surface area contributed by atoms with Crippen molar-refractivity contribution in [3.8, 4) is 0 Å². The van der Waals surface area contributed by atoms with Crippen LogP contribution in [0.3, 0.4) is 0 Å². The quantitative estimate of drug-likeness (QED) is 0.897. The Morgan fingerprint density at radius 3 is 2.70 bits per heavy atom. The van der Waals surface area contributed by atoms with E-state index >= 15 is 0 Å². The molecule has 1 aromatic carbocycles. The monoisotopic (exact) mass is 356 g/mol. The molecule has 0 unspecified atom stereocenters. The molecule has 1 fully saturated rings. The number of nitrogens with zero attached hydrogens (tertiary/aromatic N) is 3. The fourth-order valence-corrected chi connectivity index (χ4v) is 3.98. The first-order valence-corrected chi connectivity index (χ1v) is 8.87. The molecule has 0 radical (unpaired) electrons. The molecule has 126 valence electrons. The second kappa shape index (κ2) is 7.92. The van der Waals surface area contributed by atoms with Crippen LogP contribution in [-0.4, -0.2) is 48.7 Å². The molecule has 0 atom stereocenters. The van der Waals surface area contributed by atoms with Crippen LogP contribution in [0.5, 0.6) is 0 Å². The molecular weight excluding hydrogens is 336 g/mol. The summed E-state index contributed by atoms with van der Waals surface area (Å²) < 4.78 is 28.5. The van der Waals surface area contributed by atoms with Gasteiger partial charge in [-0.25, -0.2) is 8.42 Å². The summed E-state index contributed by atoms with van der Waals surface area (Å²) >= 11 is 0. The summed E-state index contributed by atoms with van der Waals surface area (Å²) in [6, 6.07) is 9.87. The molecule has 6 nitrogen and oxygen atoms in total. The van der Waals surface area contributed by atoms with E-state index in [1.807, 2.05) is 30.3 Å². The number of benzene rings is 1. The summed E-state index contributed by atoms with van der Waals surface area (Å²) in [5.41, 5.74) is 1.09. The van der Waals surface area contributed by atoms with E-state index in [1.54, 1.807) is 10.9 Å². The van der Waals surface area contributed by atoms with Crippen LogP contribution in [0.1, 0.15) is 12.0 Å². The summed E-state index contributed by atoms with van der Waals surface area (Å²) in [6.45, 7) is 3.18. The first-order valence-electron chi connectivity index (χ1n) is 7.43. The molecule has 1 saturated heterocycles. The maximum atomic E-state index is 12.7. The van der Waals surface area contributed by atoms with Gasteiger partial charge in [0.2, 0.25) is 10.0 Å². The lowest BCUT2D eigenvalue weighted by Crippen LogP contribution is -2.34. The fourth-order valence-electron chi connectivity index (χ4n) is 2.55. The van der Waals surface area contributed by atoms with Crippen molar-refractivity contribution < 1.29 is 8.42 Å². The van der Waals surface area contributed by atoms with Crippen LogP contribution in [0.2, 0.25) is 0 Å². The highest BCUT2D eigenvalue weighted by Gasteiger charge is 2.26. The van der Waals surface area contributed by atoms with Gasteiger partial charge in [0.25, 0.3) is 0 Å². The number of sulfonamides is 1. The highest BCUT2D eigenvalue weighted by molar-refractivity contribution is 7.89. The van der Waals surface area contributed by atoms with E-state index in [0.717, 1.165) is 18.5 Å². The molecule has 0 saturated carbocycles. The molecule has 23 heavy (non-hydrogen) atoms. The molecule has 1 aromatic heterocycles. The van der Waals surface area contributed by atoms with Crippen molar-refractivity contribution in [2.75, 3.05) is 26.2 Å². The molecule has 8 heteroatoms. The molecule has 1 N–H and O–H groups in total. The molecule has 3 rings (SSSR count). The Hall–Kier alpha value is -1.41. The second-order valence-corrected chi connectivity index (χ2v) is 7.30. The molecule has 2 aromatic rings. The van der Waals surface area contributed by atoms with Crippen molar-refractivity contribution in [2.24, 2.45) is 0 Å². The Morgan fingerprint density at radius 2 is 1.91 bits per heavy atom. The van der Waals surface area contributed by atoms with Gasteiger partial charge in [0.15, 0.2) is 0 Å². The minimum atomic E-state index is -3.45. The number of nitrogens with one attached hydrogen (secondary N) is 1. The molecule has 1 aliphatic rings. The van der Waals surface area contributed by atoms with Gasteiger partial charge in [0, 0.05) is 25.8 Å². The first-order chi connectivity index (χ1) is 10.7. The number of halogens is 1. The third kappa shape index (κ3) is 4.32. The minimum Gasteiger partial charge on any atom is -0.315 e. The standard InChI is InChI=1S/C15H20N4O2S.ClH/c20-22(21,19-9-4-7-16-8-10-19)15-11-17-18(13-15)12-14-5-2-1-3-6-14;/h1-3,5-6,11,13,16H,4,7-10,12H2;1H. The normalized spacial score (nSPS) is 16.5. The van der Waals surface area contributed by atoms with Crippen LogP contribution in [0.25, 0.3) is 0 Å². The van der Waals surface area contributed by atoms with Crippen molar-refractivity contribution in [1.29, 1.82) is 0 Å². The average Bonchev–Trinajstić information content (AvgIpc) is 2.82. The molecule has 0 amide bonds.